The van der Waals surface area contributed by atoms with E-state index in [1.165, 1.54) is 11.1 Å². The third-order valence-corrected chi connectivity index (χ3v) is 8.15. The number of nitrogen functional groups attached to an aromatic ring is 2. The van der Waals surface area contributed by atoms with Gasteiger partial charge in [-0.1, -0.05) is 48.5 Å². The van der Waals surface area contributed by atoms with Gasteiger partial charge in [0.05, 0.1) is 19.6 Å². The molecule has 0 heterocycles. The van der Waals surface area contributed by atoms with Crippen LogP contribution in [0.5, 0.6) is 11.5 Å². The summed E-state index contributed by atoms with van der Waals surface area (Å²) in [5.41, 5.74) is 20.7. The van der Waals surface area contributed by atoms with Crippen LogP contribution in [0.25, 0.3) is 32.7 Å². The molecule has 4 heteroatoms. The van der Waals surface area contributed by atoms with Crippen LogP contribution >= 0.6 is 0 Å². The van der Waals surface area contributed by atoms with Crippen molar-refractivity contribution < 1.29 is 9.47 Å². The number of fused-ring (bicyclic) bond motifs is 5. The van der Waals surface area contributed by atoms with Crippen LogP contribution in [0, 0.1) is 0 Å². The van der Waals surface area contributed by atoms with Gasteiger partial charge in [0.1, 0.15) is 11.5 Å². The molecule has 190 valence electrons. The Bertz CT molecular complexity index is 1780. The van der Waals surface area contributed by atoms with Crippen LogP contribution < -0.4 is 20.9 Å². The van der Waals surface area contributed by atoms with Crippen LogP contribution in [0.1, 0.15) is 22.3 Å². The van der Waals surface area contributed by atoms with Crippen LogP contribution in [-0.4, -0.2) is 14.2 Å². The zero-order valence-corrected chi connectivity index (χ0v) is 21.9. The first-order valence-corrected chi connectivity index (χ1v) is 13.0. The second-order valence-electron chi connectivity index (χ2n) is 10.2. The predicted molar refractivity (Wildman–Crippen MR) is 161 cm³/mol. The molecule has 0 bridgehead atoms. The molecule has 0 saturated carbocycles. The third kappa shape index (κ3) is 3.38. The van der Waals surface area contributed by atoms with Gasteiger partial charge in [0.25, 0.3) is 0 Å². The van der Waals surface area contributed by atoms with Gasteiger partial charge in [0.2, 0.25) is 0 Å². The average Bonchev–Trinajstić information content (AvgIpc) is 3.25. The highest BCUT2D eigenvalue weighted by atomic mass is 16.5. The molecule has 39 heavy (non-hydrogen) atoms. The van der Waals surface area contributed by atoms with Crippen LogP contribution in [0.15, 0.2) is 109 Å². The smallest absolute Gasteiger partial charge is 0.119 e. The van der Waals surface area contributed by atoms with Crippen molar-refractivity contribution in [2.24, 2.45) is 0 Å². The molecule has 0 atom stereocenters. The molecule has 0 spiro atoms. The summed E-state index contributed by atoms with van der Waals surface area (Å²) in [5.74, 6) is 1.68. The quantitative estimate of drug-likeness (QED) is 0.241. The van der Waals surface area contributed by atoms with Gasteiger partial charge in [-0.2, -0.15) is 0 Å². The number of hydrogen-bond donors (Lipinski definition) is 2. The van der Waals surface area contributed by atoms with Gasteiger partial charge in [-0.25, -0.2) is 0 Å². The second kappa shape index (κ2) is 8.53. The van der Waals surface area contributed by atoms with Crippen molar-refractivity contribution in [3.8, 4) is 22.6 Å². The van der Waals surface area contributed by atoms with Crippen LogP contribution in [0.2, 0.25) is 0 Å². The first kappa shape index (κ1) is 23.2. The van der Waals surface area contributed by atoms with Gasteiger partial charge in [0.15, 0.2) is 0 Å². The fourth-order valence-corrected chi connectivity index (χ4v) is 6.32. The lowest BCUT2D eigenvalue weighted by atomic mass is 9.67. The molecular formula is C35H28N2O2. The van der Waals surface area contributed by atoms with Gasteiger partial charge >= 0.3 is 0 Å². The summed E-state index contributed by atoms with van der Waals surface area (Å²) < 4.78 is 11.0. The minimum Gasteiger partial charge on any atom is -0.497 e. The van der Waals surface area contributed by atoms with Gasteiger partial charge in [-0.3, -0.25) is 0 Å². The minimum absolute atomic E-state index is 0.613. The van der Waals surface area contributed by atoms with Crippen molar-refractivity contribution in [1.29, 1.82) is 0 Å². The van der Waals surface area contributed by atoms with Crippen molar-refractivity contribution in [1.82, 2.24) is 0 Å². The normalized spacial score (nSPS) is 13.3. The van der Waals surface area contributed by atoms with E-state index in [9.17, 15) is 0 Å². The number of nitrogens with two attached hydrogens (primary N) is 2. The number of methoxy groups -OCH3 is 2. The molecule has 4 N–H and O–H groups in total. The van der Waals surface area contributed by atoms with E-state index in [1.807, 2.05) is 24.3 Å². The first-order chi connectivity index (χ1) is 19.0. The van der Waals surface area contributed by atoms with E-state index < -0.39 is 5.41 Å². The van der Waals surface area contributed by atoms with E-state index in [0.29, 0.717) is 0 Å². The van der Waals surface area contributed by atoms with E-state index in [0.717, 1.165) is 66.7 Å². The maximum atomic E-state index is 6.47. The predicted octanol–water partition coefficient (Wildman–Crippen LogP) is 7.54. The Morgan fingerprint density at radius 3 is 1.31 bits per heavy atom. The zero-order valence-electron chi connectivity index (χ0n) is 21.9. The number of anilines is 2. The van der Waals surface area contributed by atoms with Crippen molar-refractivity contribution in [2.45, 2.75) is 5.41 Å². The molecule has 0 radical (unpaired) electrons. The van der Waals surface area contributed by atoms with Gasteiger partial charge in [0, 0.05) is 11.4 Å². The number of benzene rings is 6. The number of ether oxygens (including phenoxy) is 2. The van der Waals surface area contributed by atoms with E-state index in [1.54, 1.807) is 14.2 Å². The monoisotopic (exact) mass is 508 g/mol. The molecule has 0 aliphatic heterocycles. The SMILES string of the molecule is COc1ccc2cc(C3(c4ccc5cc(OC)ccc5c4)c4cc(N)ccc4-c4ccc(N)cc43)ccc2c1. The molecular weight excluding hydrogens is 480 g/mol. The molecule has 0 saturated heterocycles. The summed E-state index contributed by atoms with van der Waals surface area (Å²) in [6.45, 7) is 0. The van der Waals surface area contributed by atoms with Crippen LogP contribution in [-0.2, 0) is 5.41 Å². The molecule has 7 rings (SSSR count). The molecule has 4 nitrogen and oxygen atoms in total. The maximum Gasteiger partial charge on any atom is 0.119 e. The summed E-state index contributed by atoms with van der Waals surface area (Å²) in [7, 11) is 3.39. The summed E-state index contributed by atoms with van der Waals surface area (Å²) in [4.78, 5) is 0. The Labute approximate surface area is 227 Å². The largest absolute Gasteiger partial charge is 0.497 e. The highest BCUT2D eigenvalue weighted by Crippen LogP contribution is 2.57. The van der Waals surface area contributed by atoms with Gasteiger partial charge < -0.3 is 20.9 Å². The Morgan fingerprint density at radius 2 is 0.872 bits per heavy atom. The fraction of sp³-hybridized carbons (Fsp3) is 0.0857. The summed E-state index contributed by atoms with van der Waals surface area (Å²) >= 11 is 0. The van der Waals surface area contributed by atoms with E-state index in [-0.39, 0.29) is 0 Å². The van der Waals surface area contributed by atoms with Gasteiger partial charge in [-0.15, -0.1) is 0 Å². The van der Waals surface area contributed by atoms with E-state index in [4.69, 9.17) is 20.9 Å². The third-order valence-electron chi connectivity index (χ3n) is 8.15. The molecule has 1 aliphatic rings. The lowest BCUT2D eigenvalue weighted by molar-refractivity contribution is 0.415. The Morgan fingerprint density at radius 1 is 0.462 bits per heavy atom. The zero-order chi connectivity index (χ0) is 26.7. The Balaban J connectivity index is 1.60. The summed E-state index contributed by atoms with van der Waals surface area (Å²) in [6.07, 6.45) is 0. The molecule has 6 aromatic rings. The topological polar surface area (TPSA) is 70.5 Å². The second-order valence-corrected chi connectivity index (χ2v) is 10.2. The lowest BCUT2D eigenvalue weighted by Crippen LogP contribution is -2.29. The van der Waals surface area contributed by atoms with Crippen molar-refractivity contribution in [3.05, 3.63) is 131 Å². The van der Waals surface area contributed by atoms with Crippen LogP contribution in [0.4, 0.5) is 11.4 Å². The van der Waals surface area contributed by atoms with E-state index in [2.05, 4.69) is 84.9 Å². The first-order valence-electron chi connectivity index (χ1n) is 13.0. The summed E-state index contributed by atoms with van der Waals surface area (Å²) in [6, 6.07) is 38.3. The number of hydrogen-bond acceptors (Lipinski definition) is 4. The molecule has 0 aromatic heterocycles. The van der Waals surface area contributed by atoms with Crippen LogP contribution in [0.3, 0.4) is 0 Å². The Hall–Kier alpha value is -4.96. The Kier molecular flexibility index (Phi) is 5.07. The van der Waals surface area contributed by atoms with Crippen molar-refractivity contribution >= 4 is 32.9 Å². The highest BCUT2D eigenvalue weighted by molar-refractivity contribution is 5.93. The standard InChI is InChI=1S/C35H28N2O2/c1-38-29-11-5-21-15-25(7-3-23(21)17-29)35(26-8-4-24-18-30(39-2)12-6-22(24)16-26)33-19-27(36)9-13-31(33)32-14-10-28(37)20-34(32)35/h3-20H,36-37H2,1-2H3. The average molecular weight is 509 g/mol. The number of rotatable bonds is 4. The molecule has 0 fully saturated rings. The van der Waals surface area contributed by atoms with Crippen molar-refractivity contribution in [2.75, 3.05) is 25.7 Å². The van der Waals surface area contributed by atoms with Crippen molar-refractivity contribution in [3.63, 3.8) is 0 Å². The maximum absolute atomic E-state index is 6.47. The molecule has 1 aliphatic carbocycles. The van der Waals surface area contributed by atoms with Gasteiger partial charge in [-0.05, 0) is 116 Å². The van der Waals surface area contributed by atoms with E-state index >= 15 is 0 Å². The minimum atomic E-state index is -0.613. The summed E-state index contributed by atoms with van der Waals surface area (Å²) in [5, 5.41) is 4.52. The molecule has 0 amide bonds. The highest BCUT2D eigenvalue weighted by Gasteiger charge is 2.46. The fourth-order valence-electron chi connectivity index (χ4n) is 6.32. The molecule has 6 aromatic carbocycles. The lowest BCUT2D eigenvalue weighted by Gasteiger charge is -2.34. The molecule has 0 unspecified atom stereocenters.